The van der Waals surface area contributed by atoms with Gasteiger partial charge in [0.15, 0.2) is 0 Å². The first kappa shape index (κ1) is 33.4. The number of aromatic hydroxyl groups is 1. The molecule has 0 bridgehead atoms. The smallest absolute Gasteiger partial charge is 0.150 e. The van der Waals surface area contributed by atoms with Gasteiger partial charge in [-0.15, -0.1) is 0 Å². The molecule has 210 valence electrons. The van der Waals surface area contributed by atoms with Crippen LogP contribution in [0.2, 0.25) is 0 Å². The Morgan fingerprint density at radius 1 is 0.949 bits per heavy atom. The summed E-state index contributed by atoms with van der Waals surface area (Å²) in [5.74, 6) is 0.328. The summed E-state index contributed by atoms with van der Waals surface area (Å²) in [4.78, 5) is 34.6. The number of nitrogens with two attached hydrogens (primary N) is 1. The second kappa shape index (κ2) is 19.4. The Labute approximate surface area is 233 Å². The summed E-state index contributed by atoms with van der Waals surface area (Å²) >= 11 is 0. The van der Waals surface area contributed by atoms with Crippen LogP contribution in [0.15, 0.2) is 72.8 Å². The van der Waals surface area contributed by atoms with Crippen molar-refractivity contribution < 1.29 is 19.5 Å². The summed E-state index contributed by atoms with van der Waals surface area (Å²) in [6, 6.07) is 22.7. The second-order valence-electron chi connectivity index (χ2n) is 8.99. The lowest BCUT2D eigenvalue weighted by atomic mass is 10.0. The van der Waals surface area contributed by atoms with Crippen LogP contribution >= 0.6 is 0 Å². The molecule has 4 rings (SSSR count). The van der Waals surface area contributed by atoms with Crippen LogP contribution in [0.4, 0.5) is 0 Å². The number of para-hydroxylation sites is 1. The molecule has 0 unspecified atom stereocenters. The van der Waals surface area contributed by atoms with Gasteiger partial charge < -0.3 is 25.4 Å². The number of likely N-dealkylation sites (N-methyl/N-ethyl adjacent to an activating group) is 1. The van der Waals surface area contributed by atoms with Gasteiger partial charge in [0, 0.05) is 42.4 Å². The van der Waals surface area contributed by atoms with E-state index in [-0.39, 0.29) is 0 Å². The molecular weight excluding hydrogens is 490 g/mol. The fourth-order valence-electron chi connectivity index (χ4n) is 4.14. The molecule has 0 amide bonds. The lowest BCUT2D eigenvalue weighted by Crippen LogP contribution is -2.42. The van der Waals surface area contributed by atoms with Gasteiger partial charge in [-0.1, -0.05) is 74.5 Å². The van der Waals surface area contributed by atoms with E-state index in [2.05, 4.69) is 9.80 Å². The lowest BCUT2D eigenvalue weighted by molar-refractivity contribution is -0.0980. The zero-order valence-corrected chi connectivity index (χ0v) is 23.5. The van der Waals surface area contributed by atoms with E-state index >= 15 is 0 Å². The average Bonchev–Trinajstić information content (AvgIpc) is 3.00. The van der Waals surface area contributed by atoms with Crippen molar-refractivity contribution in [1.82, 2.24) is 9.80 Å². The Balaban J connectivity index is 0.000000379. The van der Waals surface area contributed by atoms with Crippen molar-refractivity contribution in [2.45, 2.75) is 39.3 Å². The molecule has 3 aromatic rings. The molecule has 7 heteroatoms. The molecule has 1 aliphatic heterocycles. The molecule has 0 atom stereocenters. The average molecular weight is 534 g/mol. The van der Waals surface area contributed by atoms with Crippen molar-refractivity contribution in [3.05, 3.63) is 89.5 Å². The molecular formula is C32H43N3O4. The zero-order valence-electron chi connectivity index (χ0n) is 23.5. The van der Waals surface area contributed by atoms with E-state index in [1.807, 2.05) is 76.2 Å². The normalized spacial score (nSPS) is 13.1. The number of carbonyl (C=O) groups is 3. The number of nitrogens with zero attached hydrogens (tertiary/aromatic N) is 2. The Kier molecular flexibility index (Phi) is 16.6. The highest BCUT2D eigenvalue weighted by molar-refractivity contribution is 5.81. The highest BCUT2D eigenvalue weighted by atomic mass is 16.3. The predicted octanol–water partition coefficient (Wildman–Crippen LogP) is 5.07. The Morgan fingerprint density at radius 3 is 2.15 bits per heavy atom. The van der Waals surface area contributed by atoms with Gasteiger partial charge in [-0.3, -0.25) is 9.59 Å². The minimum atomic E-state index is 0.328. The van der Waals surface area contributed by atoms with Crippen LogP contribution in [0.3, 0.4) is 0 Å². The topological polar surface area (TPSA) is 104 Å². The minimum absolute atomic E-state index is 0.328. The zero-order chi connectivity index (χ0) is 29.0. The Morgan fingerprint density at radius 2 is 1.56 bits per heavy atom. The largest absolute Gasteiger partial charge is 0.507 e. The summed E-state index contributed by atoms with van der Waals surface area (Å²) in [7, 11) is 2.04. The molecule has 1 heterocycles. The summed E-state index contributed by atoms with van der Waals surface area (Å²) in [5.41, 5.74) is 10.0. The molecule has 0 spiro atoms. The molecule has 0 saturated carbocycles. The number of piperidine rings is 1. The number of aldehydes is 2. The summed E-state index contributed by atoms with van der Waals surface area (Å²) < 4.78 is 0. The first-order valence-electron chi connectivity index (χ1n) is 13.3. The Bertz CT molecular complexity index is 1100. The number of hydrogen-bond donors (Lipinski definition) is 2. The van der Waals surface area contributed by atoms with Gasteiger partial charge in [-0.05, 0) is 56.2 Å². The van der Waals surface area contributed by atoms with E-state index < -0.39 is 0 Å². The number of phenols is 1. The highest BCUT2D eigenvalue weighted by Gasteiger charge is 2.16. The third kappa shape index (κ3) is 11.7. The maximum Gasteiger partial charge on any atom is 0.150 e. The number of phenolic OH excluding ortho intramolecular Hbond substituents is 1. The molecule has 39 heavy (non-hydrogen) atoms. The van der Waals surface area contributed by atoms with Crippen LogP contribution in [-0.4, -0.2) is 73.5 Å². The molecule has 3 N–H and O–H groups in total. The monoisotopic (exact) mass is 533 g/mol. The van der Waals surface area contributed by atoms with Crippen molar-refractivity contribution in [2.24, 2.45) is 5.73 Å². The molecule has 1 fully saturated rings. The Hall–Kier alpha value is -3.65. The summed E-state index contributed by atoms with van der Waals surface area (Å²) in [5, 5.41) is 9.56. The van der Waals surface area contributed by atoms with Gasteiger partial charge >= 0.3 is 0 Å². The SMILES string of the molecule is C=O.CC.CN(CCN1CCC(N)CC1)Cc1cc(C=O)ccc1C=O.Oc1ccccc1-c1ccccc1. The predicted molar refractivity (Wildman–Crippen MR) is 159 cm³/mol. The summed E-state index contributed by atoms with van der Waals surface area (Å²) in [6.07, 6.45) is 3.81. The van der Waals surface area contributed by atoms with Crippen LogP contribution in [0.25, 0.3) is 11.1 Å². The standard InChI is InChI=1S/C17H25N3O2.C12H10O.C2H6.CH2O/c1-19(8-9-20-6-4-17(18)5-7-20)11-16-10-14(12-21)2-3-15(16)13-22;13-12-9-5-4-8-11(12)10-6-2-1-3-7-10;2*1-2/h2-3,10,12-13,17H,4-9,11,18H2,1H3;1-9,13H;1-2H3;1H2. The first-order chi connectivity index (χ1) is 19.0. The fraction of sp³-hybridized carbons (Fsp3) is 0.344. The first-order valence-corrected chi connectivity index (χ1v) is 13.3. The van der Waals surface area contributed by atoms with Gasteiger partial charge in [-0.2, -0.15) is 0 Å². The third-order valence-electron chi connectivity index (χ3n) is 6.29. The molecule has 0 radical (unpaired) electrons. The van der Waals surface area contributed by atoms with Crippen molar-refractivity contribution >= 4 is 19.4 Å². The van der Waals surface area contributed by atoms with Crippen LogP contribution in [0.1, 0.15) is 53.0 Å². The maximum absolute atomic E-state index is 11.1. The number of likely N-dealkylation sites (tertiary alicyclic amines) is 1. The van der Waals surface area contributed by atoms with E-state index in [9.17, 15) is 14.7 Å². The molecule has 1 aliphatic rings. The van der Waals surface area contributed by atoms with Gasteiger partial charge in [0.25, 0.3) is 0 Å². The molecule has 7 nitrogen and oxygen atoms in total. The van der Waals surface area contributed by atoms with Crippen LogP contribution in [0, 0.1) is 0 Å². The number of carbonyl (C=O) groups excluding carboxylic acids is 3. The third-order valence-corrected chi connectivity index (χ3v) is 6.29. The number of benzene rings is 3. The van der Waals surface area contributed by atoms with Gasteiger partial charge in [0.05, 0.1) is 0 Å². The van der Waals surface area contributed by atoms with Gasteiger partial charge in [-0.25, -0.2) is 0 Å². The molecule has 1 saturated heterocycles. The van der Waals surface area contributed by atoms with E-state index in [1.165, 1.54) is 0 Å². The molecule has 3 aromatic carbocycles. The van der Waals surface area contributed by atoms with Crippen molar-refractivity contribution in [3.63, 3.8) is 0 Å². The summed E-state index contributed by atoms with van der Waals surface area (Å²) in [6.45, 7) is 10.7. The molecule has 0 aliphatic carbocycles. The second-order valence-corrected chi connectivity index (χ2v) is 8.99. The highest BCUT2D eigenvalue weighted by Crippen LogP contribution is 2.27. The van der Waals surface area contributed by atoms with E-state index in [0.29, 0.717) is 29.5 Å². The van der Waals surface area contributed by atoms with Crippen LogP contribution < -0.4 is 5.73 Å². The maximum atomic E-state index is 11.1. The van der Waals surface area contributed by atoms with Crippen molar-refractivity contribution in [3.8, 4) is 16.9 Å². The lowest BCUT2D eigenvalue weighted by Gasteiger charge is -2.31. The van der Waals surface area contributed by atoms with E-state index in [4.69, 9.17) is 10.5 Å². The van der Waals surface area contributed by atoms with Crippen molar-refractivity contribution in [2.75, 3.05) is 33.2 Å². The minimum Gasteiger partial charge on any atom is -0.507 e. The van der Waals surface area contributed by atoms with Gasteiger partial charge in [0.2, 0.25) is 0 Å². The number of rotatable bonds is 8. The number of hydrogen-bond acceptors (Lipinski definition) is 7. The van der Waals surface area contributed by atoms with E-state index in [1.54, 1.807) is 24.3 Å². The fourth-order valence-corrected chi connectivity index (χ4v) is 4.14. The van der Waals surface area contributed by atoms with Crippen LogP contribution in [0.5, 0.6) is 5.75 Å². The molecule has 0 aromatic heterocycles. The van der Waals surface area contributed by atoms with E-state index in [0.717, 1.165) is 68.3 Å². The van der Waals surface area contributed by atoms with Crippen molar-refractivity contribution in [1.29, 1.82) is 0 Å². The van der Waals surface area contributed by atoms with Gasteiger partial charge in [0.1, 0.15) is 25.1 Å². The van der Waals surface area contributed by atoms with Crippen LogP contribution in [-0.2, 0) is 11.3 Å². The quantitative estimate of drug-likeness (QED) is 0.390.